The molecule has 0 aliphatic carbocycles. The van der Waals surface area contributed by atoms with Gasteiger partial charge in [0.1, 0.15) is 6.61 Å². The summed E-state index contributed by atoms with van der Waals surface area (Å²) in [6, 6.07) is 11.1. The van der Waals surface area contributed by atoms with Crippen LogP contribution in [0.4, 0.5) is 0 Å². The molecule has 6 heteroatoms. The van der Waals surface area contributed by atoms with Crippen molar-refractivity contribution in [3.63, 3.8) is 0 Å². The van der Waals surface area contributed by atoms with Crippen LogP contribution in [0.3, 0.4) is 0 Å². The quantitative estimate of drug-likeness (QED) is 0.641. The molecule has 1 aliphatic rings. The number of nitrogens with zero attached hydrogens (tertiary/aromatic N) is 2. The number of aromatic hydroxyl groups is 1. The summed E-state index contributed by atoms with van der Waals surface area (Å²) in [6.45, 7) is 3.81. The van der Waals surface area contributed by atoms with Crippen molar-refractivity contribution in [1.82, 2.24) is 9.47 Å². The molecule has 0 atom stereocenters. The first kappa shape index (κ1) is 19.0. The van der Waals surface area contributed by atoms with E-state index in [0.29, 0.717) is 23.1 Å². The average molecular weight is 401 g/mol. The second-order valence-corrected chi connectivity index (χ2v) is 7.58. The van der Waals surface area contributed by atoms with Gasteiger partial charge in [0, 0.05) is 34.6 Å². The molecular formula is C22H25ClN2O3. The molecule has 2 aromatic carbocycles. The Morgan fingerprint density at radius 1 is 1.04 bits per heavy atom. The van der Waals surface area contributed by atoms with Gasteiger partial charge in [-0.3, -0.25) is 9.47 Å². The first-order chi connectivity index (χ1) is 13.7. The number of ether oxygens (including phenoxy) is 2. The molecule has 0 bridgehead atoms. The number of fused-ring (bicyclic) bond motifs is 1. The van der Waals surface area contributed by atoms with E-state index in [4.69, 9.17) is 21.1 Å². The lowest BCUT2D eigenvalue weighted by Crippen LogP contribution is -2.33. The summed E-state index contributed by atoms with van der Waals surface area (Å²) in [7, 11) is 1.63. The highest BCUT2D eigenvalue weighted by Gasteiger charge is 2.14. The van der Waals surface area contributed by atoms with Crippen LogP contribution in [-0.4, -0.2) is 47.9 Å². The van der Waals surface area contributed by atoms with Crippen molar-refractivity contribution < 1.29 is 14.6 Å². The van der Waals surface area contributed by atoms with E-state index < -0.39 is 0 Å². The molecule has 0 radical (unpaired) electrons. The summed E-state index contributed by atoms with van der Waals surface area (Å²) in [4.78, 5) is 2.44. The molecule has 1 fully saturated rings. The van der Waals surface area contributed by atoms with Crippen molar-refractivity contribution >= 4 is 22.4 Å². The molecule has 0 amide bonds. The minimum absolute atomic E-state index is 0.177. The van der Waals surface area contributed by atoms with E-state index in [-0.39, 0.29) is 5.88 Å². The van der Waals surface area contributed by atoms with Gasteiger partial charge in [-0.1, -0.05) is 18.0 Å². The van der Waals surface area contributed by atoms with Crippen LogP contribution in [0, 0.1) is 0 Å². The summed E-state index contributed by atoms with van der Waals surface area (Å²) in [5.41, 5.74) is 0.804. The van der Waals surface area contributed by atoms with Crippen LogP contribution in [0.2, 0.25) is 5.02 Å². The monoisotopic (exact) mass is 400 g/mol. The third-order valence-corrected chi connectivity index (χ3v) is 5.53. The van der Waals surface area contributed by atoms with Gasteiger partial charge in [0.2, 0.25) is 5.88 Å². The number of likely N-dealkylation sites (tertiary alicyclic amines) is 1. The maximum absolute atomic E-state index is 10.6. The van der Waals surface area contributed by atoms with E-state index in [0.717, 1.165) is 36.1 Å². The van der Waals surface area contributed by atoms with E-state index in [1.165, 1.54) is 19.3 Å². The molecule has 5 nitrogen and oxygen atoms in total. The Hall–Kier alpha value is -2.37. The SMILES string of the molecule is COc1ccc(-n2cc3cc(Cl)ccc3c2O)cc1OCCN1CCCCC1. The van der Waals surface area contributed by atoms with E-state index >= 15 is 0 Å². The minimum Gasteiger partial charge on any atom is -0.494 e. The van der Waals surface area contributed by atoms with Crippen molar-refractivity contribution in [3.8, 4) is 23.1 Å². The van der Waals surface area contributed by atoms with Crippen molar-refractivity contribution in [2.45, 2.75) is 19.3 Å². The molecule has 28 heavy (non-hydrogen) atoms. The highest BCUT2D eigenvalue weighted by Crippen LogP contribution is 2.35. The fraction of sp³-hybridized carbons (Fsp3) is 0.364. The predicted octanol–water partition coefficient (Wildman–Crippen LogP) is 4.86. The topological polar surface area (TPSA) is 46.9 Å². The third-order valence-electron chi connectivity index (χ3n) is 5.29. The Morgan fingerprint density at radius 2 is 1.86 bits per heavy atom. The van der Waals surface area contributed by atoms with Gasteiger partial charge in [0.15, 0.2) is 11.5 Å². The summed E-state index contributed by atoms with van der Waals surface area (Å²) < 4.78 is 13.2. The number of piperidine rings is 1. The lowest BCUT2D eigenvalue weighted by atomic mass is 10.1. The highest BCUT2D eigenvalue weighted by molar-refractivity contribution is 6.31. The van der Waals surface area contributed by atoms with Crippen molar-refractivity contribution in [1.29, 1.82) is 0 Å². The summed E-state index contributed by atoms with van der Waals surface area (Å²) in [5, 5.41) is 12.9. The fourth-order valence-electron chi connectivity index (χ4n) is 3.77. The Labute approximate surface area is 170 Å². The molecule has 1 aromatic heterocycles. The first-order valence-electron chi connectivity index (χ1n) is 9.69. The van der Waals surface area contributed by atoms with Crippen LogP contribution in [0.5, 0.6) is 17.4 Å². The number of methoxy groups -OCH3 is 1. The minimum atomic E-state index is 0.177. The fourth-order valence-corrected chi connectivity index (χ4v) is 3.95. The average Bonchev–Trinajstić information content (AvgIpc) is 3.04. The summed E-state index contributed by atoms with van der Waals surface area (Å²) in [5.74, 6) is 1.53. The van der Waals surface area contributed by atoms with Crippen molar-refractivity contribution in [2.75, 3.05) is 33.4 Å². The van der Waals surface area contributed by atoms with Gasteiger partial charge in [0.25, 0.3) is 0 Å². The maximum atomic E-state index is 10.6. The van der Waals surface area contributed by atoms with Crippen LogP contribution in [0.1, 0.15) is 19.3 Å². The molecule has 0 saturated carbocycles. The van der Waals surface area contributed by atoms with Gasteiger partial charge in [-0.05, 0) is 56.3 Å². The Bertz CT molecular complexity index is 964. The zero-order chi connectivity index (χ0) is 19.5. The normalized spacial score (nSPS) is 15.1. The van der Waals surface area contributed by atoms with Crippen LogP contribution in [0.25, 0.3) is 16.5 Å². The number of halogens is 1. The largest absolute Gasteiger partial charge is 0.494 e. The molecule has 148 valence electrons. The lowest BCUT2D eigenvalue weighted by Gasteiger charge is -2.26. The van der Waals surface area contributed by atoms with Gasteiger partial charge in [0.05, 0.1) is 12.8 Å². The number of hydrogen-bond donors (Lipinski definition) is 1. The predicted molar refractivity (Wildman–Crippen MR) is 112 cm³/mol. The maximum Gasteiger partial charge on any atom is 0.203 e. The number of benzene rings is 2. The van der Waals surface area contributed by atoms with Crippen LogP contribution in [-0.2, 0) is 0 Å². The Morgan fingerprint density at radius 3 is 2.64 bits per heavy atom. The highest BCUT2D eigenvalue weighted by atomic mass is 35.5. The molecule has 0 spiro atoms. The second-order valence-electron chi connectivity index (χ2n) is 7.14. The van der Waals surface area contributed by atoms with E-state index in [9.17, 15) is 5.11 Å². The second kappa shape index (κ2) is 8.33. The van der Waals surface area contributed by atoms with Gasteiger partial charge in [-0.2, -0.15) is 0 Å². The van der Waals surface area contributed by atoms with Crippen molar-refractivity contribution in [2.24, 2.45) is 0 Å². The molecule has 1 aliphatic heterocycles. The molecule has 0 unspecified atom stereocenters. The number of aromatic nitrogens is 1. The van der Waals surface area contributed by atoms with Crippen LogP contribution < -0.4 is 9.47 Å². The van der Waals surface area contributed by atoms with Crippen LogP contribution >= 0.6 is 11.6 Å². The lowest BCUT2D eigenvalue weighted by molar-refractivity contribution is 0.180. The standard InChI is InChI=1S/C22H25ClN2O3/c1-27-20-8-6-18(14-21(20)28-12-11-24-9-3-2-4-10-24)25-15-16-13-17(23)5-7-19(16)22(25)26/h5-8,13-15,26H,2-4,9-12H2,1H3. The zero-order valence-electron chi connectivity index (χ0n) is 16.0. The first-order valence-corrected chi connectivity index (χ1v) is 10.1. The van der Waals surface area contributed by atoms with E-state index in [1.807, 2.05) is 36.5 Å². The molecule has 4 rings (SSSR count). The molecule has 1 saturated heterocycles. The number of hydrogen-bond acceptors (Lipinski definition) is 4. The van der Waals surface area contributed by atoms with E-state index in [1.54, 1.807) is 17.7 Å². The van der Waals surface area contributed by atoms with Gasteiger partial charge < -0.3 is 14.6 Å². The van der Waals surface area contributed by atoms with Gasteiger partial charge in [-0.25, -0.2) is 0 Å². The number of rotatable bonds is 6. The Kier molecular flexibility index (Phi) is 5.64. The van der Waals surface area contributed by atoms with Crippen LogP contribution in [0.15, 0.2) is 42.6 Å². The van der Waals surface area contributed by atoms with E-state index in [2.05, 4.69) is 4.90 Å². The van der Waals surface area contributed by atoms with Gasteiger partial charge in [-0.15, -0.1) is 0 Å². The molecule has 1 N–H and O–H groups in total. The smallest absolute Gasteiger partial charge is 0.203 e. The molecular weight excluding hydrogens is 376 g/mol. The third kappa shape index (κ3) is 3.91. The summed E-state index contributed by atoms with van der Waals surface area (Å²) in [6.07, 6.45) is 5.73. The molecule has 3 aromatic rings. The van der Waals surface area contributed by atoms with Gasteiger partial charge >= 0.3 is 0 Å². The van der Waals surface area contributed by atoms with Crippen molar-refractivity contribution in [3.05, 3.63) is 47.6 Å². The summed E-state index contributed by atoms with van der Waals surface area (Å²) >= 11 is 6.08. The zero-order valence-corrected chi connectivity index (χ0v) is 16.8. The Balaban J connectivity index is 1.57. The molecule has 2 heterocycles.